The zero-order valence-electron chi connectivity index (χ0n) is 11.1. The van der Waals surface area contributed by atoms with E-state index in [1.54, 1.807) is 19.2 Å². The van der Waals surface area contributed by atoms with Gasteiger partial charge < -0.3 is 15.6 Å². The molecule has 0 aromatic heterocycles. The van der Waals surface area contributed by atoms with E-state index in [1.807, 2.05) is 6.07 Å². The number of benzene rings is 1. The molecule has 2 atom stereocenters. The van der Waals surface area contributed by atoms with Gasteiger partial charge in [0.15, 0.2) is 0 Å². The lowest BCUT2D eigenvalue weighted by Gasteiger charge is -2.35. The highest BCUT2D eigenvalue weighted by Gasteiger charge is 2.23. The van der Waals surface area contributed by atoms with Gasteiger partial charge in [0.2, 0.25) is 0 Å². The molecule has 0 amide bonds. The van der Waals surface area contributed by atoms with Crippen molar-refractivity contribution in [3.63, 3.8) is 0 Å². The summed E-state index contributed by atoms with van der Waals surface area (Å²) in [6, 6.07) is 5.56. The van der Waals surface area contributed by atoms with Gasteiger partial charge in [0.1, 0.15) is 11.5 Å². The average Bonchev–Trinajstić information content (AvgIpc) is 2.36. The zero-order chi connectivity index (χ0) is 13.1. The molecule has 1 aromatic carbocycles. The van der Waals surface area contributed by atoms with Gasteiger partial charge in [-0.05, 0) is 37.1 Å². The number of piperidine rings is 1. The molecule has 1 fully saturated rings. The molecule has 4 heteroatoms. The lowest BCUT2D eigenvalue weighted by atomic mass is 9.94. The molecular formula is C14H22N2O2. The van der Waals surface area contributed by atoms with Crippen LogP contribution in [0.1, 0.15) is 18.9 Å². The van der Waals surface area contributed by atoms with E-state index in [0.717, 1.165) is 37.4 Å². The standard InChI is InChI=1S/C14H22N2O2/c1-10-5-6-16(9-13(10)15)8-11-7-12(18-2)3-4-14(11)17/h3-4,7,10,13,17H,5-6,8-9,15H2,1-2H3. The van der Waals surface area contributed by atoms with Crippen LogP contribution >= 0.6 is 0 Å². The Morgan fingerprint density at radius 3 is 2.94 bits per heavy atom. The van der Waals surface area contributed by atoms with Crippen molar-refractivity contribution in [3.05, 3.63) is 23.8 Å². The maximum absolute atomic E-state index is 9.87. The number of hydrogen-bond acceptors (Lipinski definition) is 4. The molecule has 2 unspecified atom stereocenters. The molecule has 0 spiro atoms. The molecule has 1 aliphatic heterocycles. The van der Waals surface area contributed by atoms with E-state index in [0.29, 0.717) is 11.7 Å². The predicted octanol–water partition coefficient (Wildman–Crippen LogP) is 1.57. The molecular weight excluding hydrogens is 228 g/mol. The number of methoxy groups -OCH3 is 1. The molecule has 100 valence electrons. The molecule has 2 rings (SSSR count). The average molecular weight is 250 g/mol. The molecule has 0 bridgehead atoms. The molecule has 0 saturated carbocycles. The van der Waals surface area contributed by atoms with Gasteiger partial charge >= 0.3 is 0 Å². The highest BCUT2D eigenvalue weighted by molar-refractivity contribution is 5.39. The summed E-state index contributed by atoms with van der Waals surface area (Å²) >= 11 is 0. The second kappa shape index (κ2) is 5.59. The van der Waals surface area contributed by atoms with Crippen LogP contribution in [0.25, 0.3) is 0 Å². The first kappa shape index (κ1) is 13.2. The summed E-state index contributed by atoms with van der Waals surface area (Å²) in [5, 5.41) is 9.87. The van der Waals surface area contributed by atoms with Gasteiger partial charge in [0.25, 0.3) is 0 Å². The van der Waals surface area contributed by atoms with Crippen LogP contribution in [0.15, 0.2) is 18.2 Å². The van der Waals surface area contributed by atoms with Gasteiger partial charge in [-0.25, -0.2) is 0 Å². The first-order valence-corrected chi connectivity index (χ1v) is 6.44. The third kappa shape index (κ3) is 2.94. The van der Waals surface area contributed by atoms with Crippen molar-refractivity contribution in [2.45, 2.75) is 25.9 Å². The number of phenols is 1. The Labute approximate surface area is 108 Å². The van der Waals surface area contributed by atoms with E-state index in [4.69, 9.17) is 10.5 Å². The minimum Gasteiger partial charge on any atom is -0.508 e. The lowest BCUT2D eigenvalue weighted by molar-refractivity contribution is 0.161. The van der Waals surface area contributed by atoms with Crippen LogP contribution in [0.2, 0.25) is 0 Å². The van der Waals surface area contributed by atoms with Gasteiger partial charge in [0.05, 0.1) is 7.11 Å². The van der Waals surface area contributed by atoms with Gasteiger partial charge in [-0.15, -0.1) is 0 Å². The van der Waals surface area contributed by atoms with Crippen LogP contribution in [-0.4, -0.2) is 36.2 Å². The highest BCUT2D eigenvalue weighted by Crippen LogP contribution is 2.26. The molecule has 4 nitrogen and oxygen atoms in total. The number of hydrogen-bond donors (Lipinski definition) is 2. The van der Waals surface area contributed by atoms with E-state index in [-0.39, 0.29) is 6.04 Å². The zero-order valence-corrected chi connectivity index (χ0v) is 11.1. The molecule has 1 heterocycles. The van der Waals surface area contributed by atoms with Gasteiger partial charge in [0, 0.05) is 24.7 Å². The van der Waals surface area contributed by atoms with Crippen molar-refractivity contribution in [3.8, 4) is 11.5 Å². The number of rotatable bonds is 3. The number of ether oxygens (including phenoxy) is 1. The Kier molecular flexibility index (Phi) is 4.09. The molecule has 0 radical (unpaired) electrons. The molecule has 1 aliphatic rings. The smallest absolute Gasteiger partial charge is 0.120 e. The van der Waals surface area contributed by atoms with Gasteiger partial charge in [-0.3, -0.25) is 4.90 Å². The van der Waals surface area contributed by atoms with E-state index >= 15 is 0 Å². The summed E-state index contributed by atoms with van der Waals surface area (Å²) in [4.78, 5) is 2.29. The van der Waals surface area contributed by atoms with Crippen molar-refractivity contribution in [1.29, 1.82) is 0 Å². The highest BCUT2D eigenvalue weighted by atomic mass is 16.5. The Morgan fingerprint density at radius 2 is 2.28 bits per heavy atom. The largest absolute Gasteiger partial charge is 0.508 e. The fourth-order valence-corrected chi connectivity index (χ4v) is 2.37. The van der Waals surface area contributed by atoms with E-state index < -0.39 is 0 Å². The SMILES string of the molecule is COc1ccc(O)c(CN2CCC(C)C(N)C2)c1. The monoisotopic (exact) mass is 250 g/mol. The third-order valence-corrected chi connectivity index (χ3v) is 3.78. The van der Waals surface area contributed by atoms with E-state index in [2.05, 4.69) is 11.8 Å². The van der Waals surface area contributed by atoms with Crippen molar-refractivity contribution in [1.82, 2.24) is 4.90 Å². The fourth-order valence-electron chi connectivity index (χ4n) is 2.37. The Morgan fingerprint density at radius 1 is 1.50 bits per heavy atom. The summed E-state index contributed by atoms with van der Waals surface area (Å²) in [7, 11) is 1.63. The van der Waals surface area contributed by atoms with E-state index in [9.17, 15) is 5.11 Å². The quantitative estimate of drug-likeness (QED) is 0.855. The van der Waals surface area contributed by atoms with Crippen molar-refractivity contribution in [2.24, 2.45) is 11.7 Å². The Bertz CT molecular complexity index is 409. The van der Waals surface area contributed by atoms with E-state index in [1.165, 1.54) is 0 Å². The molecule has 0 aliphatic carbocycles. The lowest BCUT2D eigenvalue weighted by Crippen LogP contribution is -2.47. The minimum absolute atomic E-state index is 0.228. The topological polar surface area (TPSA) is 58.7 Å². The van der Waals surface area contributed by atoms with Crippen molar-refractivity contribution < 1.29 is 9.84 Å². The van der Waals surface area contributed by atoms with Crippen molar-refractivity contribution in [2.75, 3.05) is 20.2 Å². The van der Waals surface area contributed by atoms with Crippen LogP contribution in [-0.2, 0) is 6.54 Å². The number of aromatic hydroxyl groups is 1. The second-order valence-electron chi connectivity index (χ2n) is 5.16. The molecule has 1 saturated heterocycles. The summed E-state index contributed by atoms with van der Waals surface area (Å²) in [5.74, 6) is 1.68. The Hall–Kier alpha value is -1.26. The van der Waals surface area contributed by atoms with Crippen LogP contribution in [0.4, 0.5) is 0 Å². The summed E-state index contributed by atoms with van der Waals surface area (Å²) in [6.07, 6.45) is 1.12. The normalized spacial score (nSPS) is 25.1. The summed E-state index contributed by atoms with van der Waals surface area (Å²) in [6.45, 7) is 4.85. The van der Waals surface area contributed by atoms with Gasteiger partial charge in [-0.1, -0.05) is 6.92 Å². The number of nitrogens with two attached hydrogens (primary N) is 1. The van der Waals surface area contributed by atoms with Gasteiger partial charge in [-0.2, -0.15) is 0 Å². The third-order valence-electron chi connectivity index (χ3n) is 3.78. The summed E-state index contributed by atoms with van der Waals surface area (Å²) < 4.78 is 5.18. The molecule has 3 N–H and O–H groups in total. The van der Waals surface area contributed by atoms with Crippen molar-refractivity contribution >= 4 is 0 Å². The number of likely N-dealkylation sites (tertiary alicyclic amines) is 1. The fraction of sp³-hybridized carbons (Fsp3) is 0.571. The second-order valence-corrected chi connectivity index (χ2v) is 5.16. The maximum Gasteiger partial charge on any atom is 0.120 e. The first-order valence-electron chi connectivity index (χ1n) is 6.44. The first-order chi connectivity index (χ1) is 8.60. The predicted molar refractivity (Wildman–Crippen MR) is 71.7 cm³/mol. The Balaban J connectivity index is 2.05. The number of nitrogens with zero attached hydrogens (tertiary/aromatic N) is 1. The van der Waals surface area contributed by atoms with Crippen LogP contribution < -0.4 is 10.5 Å². The van der Waals surface area contributed by atoms with Crippen LogP contribution in [0.5, 0.6) is 11.5 Å². The van der Waals surface area contributed by atoms with Crippen LogP contribution in [0.3, 0.4) is 0 Å². The maximum atomic E-state index is 9.87. The molecule has 1 aromatic rings. The molecule has 18 heavy (non-hydrogen) atoms. The summed E-state index contributed by atoms with van der Waals surface area (Å²) in [5.41, 5.74) is 6.99. The minimum atomic E-state index is 0.228. The number of phenolic OH excluding ortho intramolecular Hbond substituents is 1. The van der Waals surface area contributed by atoms with Crippen LogP contribution in [0, 0.1) is 5.92 Å².